The molecule has 1 rings (SSSR count). The van der Waals surface area contributed by atoms with Gasteiger partial charge in [-0.3, -0.25) is 4.79 Å². The number of carbonyl (C=O) groups excluding carboxylic acids is 2. The fraction of sp³-hybridized carbons (Fsp3) is 0.467. The van der Waals surface area contributed by atoms with Gasteiger partial charge in [-0.15, -0.1) is 0 Å². The van der Waals surface area contributed by atoms with E-state index >= 15 is 0 Å². The van der Waals surface area contributed by atoms with Crippen LogP contribution in [0.4, 0.5) is 5.69 Å². The van der Waals surface area contributed by atoms with Gasteiger partial charge in [0, 0.05) is 11.7 Å². The van der Waals surface area contributed by atoms with Crippen molar-refractivity contribution < 1.29 is 14.3 Å². The second-order valence-electron chi connectivity index (χ2n) is 4.85. The highest BCUT2D eigenvalue weighted by Gasteiger charge is 2.14. The second-order valence-corrected chi connectivity index (χ2v) is 4.85. The van der Waals surface area contributed by atoms with Gasteiger partial charge in [0.15, 0.2) is 6.61 Å². The van der Waals surface area contributed by atoms with E-state index < -0.39 is 5.97 Å². The molecule has 1 atom stereocenters. The number of nitrogens with two attached hydrogens (primary N) is 1. The van der Waals surface area contributed by atoms with E-state index in [9.17, 15) is 9.59 Å². The van der Waals surface area contributed by atoms with Gasteiger partial charge in [0.05, 0.1) is 5.56 Å². The Morgan fingerprint density at radius 2 is 2.10 bits per heavy atom. The quantitative estimate of drug-likeness (QED) is 0.616. The fourth-order valence-electron chi connectivity index (χ4n) is 1.91. The molecule has 1 aromatic carbocycles. The average Bonchev–Trinajstić information content (AvgIpc) is 2.39. The first kappa shape index (κ1) is 16.0. The first-order chi connectivity index (χ1) is 9.45. The highest BCUT2D eigenvalue weighted by atomic mass is 16.5. The molecule has 0 aromatic heterocycles. The molecule has 0 bridgehead atoms. The zero-order valence-electron chi connectivity index (χ0n) is 12.2. The maximum absolute atomic E-state index is 11.9. The van der Waals surface area contributed by atoms with E-state index in [-0.39, 0.29) is 18.6 Å². The molecule has 0 saturated heterocycles. The summed E-state index contributed by atoms with van der Waals surface area (Å²) in [5, 5.41) is 2.77. The molecular weight excluding hydrogens is 256 g/mol. The van der Waals surface area contributed by atoms with Crippen LogP contribution < -0.4 is 11.1 Å². The van der Waals surface area contributed by atoms with E-state index in [2.05, 4.69) is 5.32 Å². The molecule has 3 N–H and O–H groups in total. The zero-order valence-corrected chi connectivity index (χ0v) is 12.2. The lowest BCUT2D eigenvalue weighted by Crippen LogP contribution is -2.35. The average molecular weight is 278 g/mol. The lowest BCUT2D eigenvalue weighted by Gasteiger charge is -2.13. The number of nitrogens with one attached hydrogen (secondary N) is 1. The van der Waals surface area contributed by atoms with Gasteiger partial charge in [-0.25, -0.2) is 4.79 Å². The molecule has 0 radical (unpaired) electrons. The Bertz CT molecular complexity index is 486. The van der Waals surface area contributed by atoms with Crippen molar-refractivity contribution in [2.45, 2.75) is 39.7 Å². The van der Waals surface area contributed by atoms with Crippen LogP contribution in [0.5, 0.6) is 0 Å². The summed E-state index contributed by atoms with van der Waals surface area (Å²) in [5.41, 5.74) is 7.31. The Morgan fingerprint density at radius 3 is 2.75 bits per heavy atom. The van der Waals surface area contributed by atoms with Gasteiger partial charge in [-0.05, 0) is 38.0 Å². The summed E-state index contributed by atoms with van der Waals surface area (Å²) in [6.45, 7) is 5.44. The third-order valence-corrected chi connectivity index (χ3v) is 3.06. The van der Waals surface area contributed by atoms with E-state index in [1.165, 1.54) is 0 Å². The molecule has 5 nitrogen and oxygen atoms in total. The van der Waals surface area contributed by atoms with Gasteiger partial charge in [-0.1, -0.05) is 19.4 Å². The third kappa shape index (κ3) is 4.57. The molecule has 110 valence electrons. The van der Waals surface area contributed by atoms with E-state index in [1.54, 1.807) is 25.1 Å². The molecule has 0 heterocycles. The summed E-state index contributed by atoms with van der Waals surface area (Å²) in [6.07, 6.45) is 1.89. The van der Waals surface area contributed by atoms with Gasteiger partial charge in [0.1, 0.15) is 0 Å². The number of rotatable bonds is 6. The van der Waals surface area contributed by atoms with Crippen molar-refractivity contribution in [2.24, 2.45) is 0 Å². The molecular formula is C15H22N2O3. The summed E-state index contributed by atoms with van der Waals surface area (Å²) in [6, 6.07) is 5.11. The first-order valence-electron chi connectivity index (χ1n) is 6.77. The molecule has 0 aliphatic carbocycles. The number of esters is 1. The Hall–Kier alpha value is -2.04. The Balaban J connectivity index is 2.51. The molecule has 0 spiro atoms. The van der Waals surface area contributed by atoms with Gasteiger partial charge in [0.25, 0.3) is 5.91 Å². The van der Waals surface area contributed by atoms with Crippen LogP contribution in [0.3, 0.4) is 0 Å². The number of anilines is 1. The minimum atomic E-state index is -0.534. The molecule has 1 aromatic rings. The van der Waals surface area contributed by atoms with Crippen molar-refractivity contribution in [3.63, 3.8) is 0 Å². The molecule has 0 saturated carbocycles. The zero-order chi connectivity index (χ0) is 15.1. The van der Waals surface area contributed by atoms with Crippen LogP contribution >= 0.6 is 0 Å². The Kier molecular flexibility index (Phi) is 6.03. The molecule has 5 heteroatoms. The number of hydrogen-bond acceptors (Lipinski definition) is 4. The molecule has 1 amide bonds. The number of carbonyl (C=O) groups is 2. The SMILES string of the molecule is CCCC(C)NC(=O)COC(=O)c1cccc(N)c1C. The van der Waals surface area contributed by atoms with Crippen LogP contribution in [0.2, 0.25) is 0 Å². The van der Waals surface area contributed by atoms with Crippen molar-refractivity contribution in [3.05, 3.63) is 29.3 Å². The highest BCUT2D eigenvalue weighted by Crippen LogP contribution is 2.16. The second kappa shape index (κ2) is 7.53. The van der Waals surface area contributed by atoms with Crippen molar-refractivity contribution in [1.29, 1.82) is 0 Å². The lowest BCUT2D eigenvalue weighted by atomic mass is 10.1. The van der Waals surface area contributed by atoms with Gasteiger partial charge in [0.2, 0.25) is 0 Å². The number of benzene rings is 1. The highest BCUT2D eigenvalue weighted by molar-refractivity contribution is 5.94. The number of ether oxygens (including phenoxy) is 1. The normalized spacial score (nSPS) is 11.8. The van der Waals surface area contributed by atoms with Crippen molar-refractivity contribution >= 4 is 17.6 Å². The maximum atomic E-state index is 11.9. The number of hydrogen-bond donors (Lipinski definition) is 2. The van der Waals surface area contributed by atoms with Gasteiger partial charge >= 0.3 is 5.97 Å². The van der Waals surface area contributed by atoms with E-state index in [4.69, 9.17) is 10.5 Å². The van der Waals surface area contributed by atoms with E-state index in [0.29, 0.717) is 16.8 Å². The molecule has 0 fully saturated rings. The fourth-order valence-corrected chi connectivity index (χ4v) is 1.91. The van der Waals surface area contributed by atoms with Crippen molar-refractivity contribution in [1.82, 2.24) is 5.32 Å². The van der Waals surface area contributed by atoms with Crippen LogP contribution in [0.1, 0.15) is 42.6 Å². The summed E-state index contributed by atoms with van der Waals surface area (Å²) in [4.78, 5) is 23.5. The van der Waals surface area contributed by atoms with Crippen LogP contribution in [-0.2, 0) is 9.53 Å². The van der Waals surface area contributed by atoms with Crippen molar-refractivity contribution in [2.75, 3.05) is 12.3 Å². The summed E-state index contributed by atoms with van der Waals surface area (Å²) in [5.74, 6) is -0.825. The summed E-state index contributed by atoms with van der Waals surface area (Å²) >= 11 is 0. The first-order valence-corrected chi connectivity index (χ1v) is 6.77. The van der Waals surface area contributed by atoms with Crippen LogP contribution in [0.15, 0.2) is 18.2 Å². The van der Waals surface area contributed by atoms with E-state index in [1.807, 2.05) is 13.8 Å². The van der Waals surface area contributed by atoms with Crippen LogP contribution in [0, 0.1) is 6.92 Å². The molecule has 20 heavy (non-hydrogen) atoms. The monoisotopic (exact) mass is 278 g/mol. The van der Waals surface area contributed by atoms with Gasteiger partial charge < -0.3 is 15.8 Å². The number of amides is 1. The minimum absolute atomic E-state index is 0.0836. The smallest absolute Gasteiger partial charge is 0.338 e. The minimum Gasteiger partial charge on any atom is -0.452 e. The van der Waals surface area contributed by atoms with E-state index in [0.717, 1.165) is 12.8 Å². The van der Waals surface area contributed by atoms with Gasteiger partial charge in [-0.2, -0.15) is 0 Å². The molecule has 0 aliphatic heterocycles. The number of nitrogen functional groups attached to an aromatic ring is 1. The maximum Gasteiger partial charge on any atom is 0.338 e. The van der Waals surface area contributed by atoms with Crippen molar-refractivity contribution in [3.8, 4) is 0 Å². The molecule has 1 unspecified atom stereocenters. The predicted octanol–water partition coefficient (Wildman–Crippen LogP) is 2.04. The largest absolute Gasteiger partial charge is 0.452 e. The van der Waals surface area contributed by atoms with Crippen LogP contribution in [0.25, 0.3) is 0 Å². The Morgan fingerprint density at radius 1 is 1.40 bits per heavy atom. The summed E-state index contributed by atoms with van der Waals surface area (Å²) in [7, 11) is 0. The topological polar surface area (TPSA) is 81.4 Å². The standard InChI is InChI=1S/C15H22N2O3/c1-4-6-10(2)17-14(18)9-20-15(19)12-7-5-8-13(16)11(12)3/h5,7-8,10H,4,6,9,16H2,1-3H3,(H,17,18). The Labute approximate surface area is 119 Å². The predicted molar refractivity (Wildman–Crippen MR) is 78.4 cm³/mol. The van der Waals surface area contributed by atoms with Crippen LogP contribution in [-0.4, -0.2) is 24.5 Å². The lowest BCUT2D eigenvalue weighted by molar-refractivity contribution is -0.124. The molecule has 0 aliphatic rings. The third-order valence-electron chi connectivity index (χ3n) is 3.06. The summed E-state index contributed by atoms with van der Waals surface area (Å²) < 4.78 is 5.00.